The van der Waals surface area contributed by atoms with Crippen molar-refractivity contribution < 1.29 is 0 Å². The third-order valence-electron chi connectivity index (χ3n) is 1.43. The van der Waals surface area contributed by atoms with Gasteiger partial charge in [0, 0.05) is 0 Å². The van der Waals surface area contributed by atoms with Crippen LogP contribution in [0.1, 0.15) is 0 Å². The Morgan fingerprint density at radius 3 is 2.80 bits per heavy atom. The van der Waals surface area contributed by atoms with Crippen LogP contribution < -0.4 is 16.9 Å². The van der Waals surface area contributed by atoms with Crippen molar-refractivity contribution >= 4 is 41.2 Å². The summed E-state index contributed by atoms with van der Waals surface area (Å²) in [5.74, 6) is 0.0702. The zero-order valence-corrected chi connectivity index (χ0v) is 9.13. The van der Waals surface area contributed by atoms with Crippen LogP contribution in [-0.4, -0.2) is 12.3 Å². The molecular formula is C8H9Cl2N5. The van der Waals surface area contributed by atoms with E-state index in [-0.39, 0.29) is 5.96 Å². The molecule has 0 atom stereocenters. The van der Waals surface area contributed by atoms with Gasteiger partial charge in [0.15, 0.2) is 0 Å². The van der Waals surface area contributed by atoms with E-state index in [0.29, 0.717) is 15.7 Å². The van der Waals surface area contributed by atoms with Crippen LogP contribution in [0.25, 0.3) is 0 Å². The Hall–Kier alpha value is -1.46. The molecule has 7 heteroatoms. The van der Waals surface area contributed by atoms with Gasteiger partial charge in [-0.25, -0.2) is 10.4 Å². The molecular weight excluding hydrogens is 237 g/mol. The van der Waals surface area contributed by atoms with Crippen molar-refractivity contribution in [3.8, 4) is 0 Å². The van der Waals surface area contributed by atoms with Crippen molar-refractivity contribution in [2.75, 3.05) is 0 Å². The van der Waals surface area contributed by atoms with E-state index in [9.17, 15) is 0 Å². The second-order valence-electron chi connectivity index (χ2n) is 2.46. The van der Waals surface area contributed by atoms with Crippen LogP contribution in [-0.2, 0) is 0 Å². The Balaban J connectivity index is 2.92. The molecule has 0 aliphatic carbocycles. The molecule has 1 rings (SSSR count). The summed E-state index contributed by atoms with van der Waals surface area (Å²) in [4.78, 5) is 3.95. The van der Waals surface area contributed by atoms with Gasteiger partial charge in [-0.15, -0.1) is 0 Å². The fourth-order valence-corrected chi connectivity index (χ4v) is 1.17. The van der Waals surface area contributed by atoms with Gasteiger partial charge in [-0.3, -0.25) is 0 Å². The average Bonchev–Trinajstić information content (AvgIpc) is 2.22. The van der Waals surface area contributed by atoms with E-state index in [2.05, 4.69) is 15.5 Å². The van der Waals surface area contributed by atoms with E-state index in [0.717, 1.165) is 6.34 Å². The second kappa shape index (κ2) is 5.43. The van der Waals surface area contributed by atoms with Gasteiger partial charge in [0.1, 0.15) is 6.34 Å². The number of guanidine groups is 1. The highest BCUT2D eigenvalue weighted by Gasteiger charge is 2.03. The minimum absolute atomic E-state index is 0.0702. The summed E-state index contributed by atoms with van der Waals surface area (Å²) in [5, 5.41) is 4.24. The minimum atomic E-state index is 0.0702. The monoisotopic (exact) mass is 245 g/mol. The number of benzene rings is 1. The first-order chi connectivity index (χ1) is 7.15. The summed E-state index contributed by atoms with van der Waals surface area (Å²) in [6.45, 7) is 0. The number of nitrogens with two attached hydrogens (primary N) is 2. The Labute approximate surface area is 96.8 Å². The molecule has 5 N–H and O–H groups in total. The van der Waals surface area contributed by atoms with Crippen LogP contribution in [0, 0.1) is 0 Å². The fraction of sp³-hybridized carbons (Fsp3) is 0. The molecule has 1 aromatic rings. The van der Waals surface area contributed by atoms with E-state index in [4.69, 9.17) is 34.7 Å². The highest BCUT2D eigenvalue weighted by Crippen LogP contribution is 2.31. The van der Waals surface area contributed by atoms with Gasteiger partial charge in [-0.1, -0.05) is 29.3 Å². The van der Waals surface area contributed by atoms with E-state index in [1.165, 1.54) is 0 Å². The molecule has 0 spiro atoms. The molecule has 0 amide bonds. The number of aliphatic imine (C=N–C) groups is 1. The molecule has 0 unspecified atom stereocenters. The summed E-state index contributed by atoms with van der Waals surface area (Å²) in [5.41, 5.74) is 13.3. The summed E-state index contributed by atoms with van der Waals surface area (Å²) in [6, 6.07) is 5.05. The number of hydrogen-bond donors (Lipinski definition) is 3. The zero-order valence-electron chi connectivity index (χ0n) is 7.61. The lowest BCUT2D eigenvalue weighted by atomic mass is 10.3. The smallest absolute Gasteiger partial charge is 0.214 e. The predicted molar refractivity (Wildman–Crippen MR) is 63.6 cm³/mol. The maximum atomic E-state index is 5.89. The maximum absolute atomic E-state index is 5.89. The van der Waals surface area contributed by atoms with Crippen LogP contribution in [0.4, 0.5) is 5.69 Å². The first kappa shape index (κ1) is 11.6. The van der Waals surface area contributed by atoms with E-state index in [1.807, 2.05) is 0 Å². The van der Waals surface area contributed by atoms with Gasteiger partial charge < -0.3 is 11.5 Å². The zero-order chi connectivity index (χ0) is 11.3. The van der Waals surface area contributed by atoms with Gasteiger partial charge >= 0.3 is 0 Å². The first-order valence-electron chi connectivity index (χ1n) is 3.92. The van der Waals surface area contributed by atoms with Gasteiger partial charge in [0.05, 0.1) is 15.7 Å². The number of nitrogens with zero attached hydrogens (tertiary/aromatic N) is 2. The number of hydrazone groups is 1. The highest BCUT2D eigenvalue weighted by atomic mass is 35.5. The maximum Gasteiger partial charge on any atom is 0.214 e. The quantitative estimate of drug-likeness (QED) is 0.419. The molecule has 0 saturated carbocycles. The van der Waals surface area contributed by atoms with Crippen molar-refractivity contribution in [3.05, 3.63) is 28.2 Å². The Morgan fingerprint density at radius 2 is 2.13 bits per heavy atom. The molecule has 0 aliphatic rings. The highest BCUT2D eigenvalue weighted by molar-refractivity contribution is 6.43. The number of nitrogens with one attached hydrogen (secondary N) is 1. The fourth-order valence-electron chi connectivity index (χ4n) is 0.837. The van der Waals surface area contributed by atoms with Crippen LogP contribution >= 0.6 is 23.2 Å². The molecule has 0 aromatic heterocycles. The largest absolute Gasteiger partial charge is 0.388 e. The van der Waals surface area contributed by atoms with Crippen molar-refractivity contribution in [1.29, 1.82) is 0 Å². The third kappa shape index (κ3) is 3.30. The summed E-state index contributed by atoms with van der Waals surface area (Å²) >= 11 is 11.7. The Bertz CT molecular complexity index is 402. The van der Waals surface area contributed by atoms with Crippen LogP contribution in [0.15, 0.2) is 28.3 Å². The Morgan fingerprint density at radius 1 is 1.40 bits per heavy atom. The van der Waals surface area contributed by atoms with Gasteiger partial charge in [-0.05, 0) is 12.1 Å². The number of hydrogen-bond acceptors (Lipinski definition) is 2. The molecule has 1 aromatic carbocycles. The third-order valence-corrected chi connectivity index (χ3v) is 2.23. The standard InChI is InChI=1S/C8H9Cl2N5/c9-5-2-1-3-6(7(5)10)14-8(12)15-13-4-11/h1-4H,(H2,11,13)(H3,12,14,15). The number of rotatable bonds is 2. The van der Waals surface area contributed by atoms with Crippen molar-refractivity contribution in [2.24, 2.45) is 21.6 Å². The lowest BCUT2D eigenvalue weighted by molar-refractivity contribution is 1.01. The molecule has 0 saturated heterocycles. The topological polar surface area (TPSA) is 88.8 Å². The first-order valence-corrected chi connectivity index (χ1v) is 4.68. The lowest BCUT2D eigenvalue weighted by Crippen LogP contribution is -2.27. The molecule has 80 valence electrons. The van der Waals surface area contributed by atoms with E-state index >= 15 is 0 Å². The number of halogens is 2. The lowest BCUT2D eigenvalue weighted by Gasteiger charge is -2.02. The molecule has 0 bridgehead atoms. The van der Waals surface area contributed by atoms with Crippen molar-refractivity contribution in [3.63, 3.8) is 0 Å². The van der Waals surface area contributed by atoms with Gasteiger partial charge in [0.25, 0.3) is 0 Å². The predicted octanol–water partition coefficient (Wildman–Crippen LogP) is 1.43. The van der Waals surface area contributed by atoms with Crippen LogP contribution in [0.3, 0.4) is 0 Å². The van der Waals surface area contributed by atoms with E-state index < -0.39 is 0 Å². The molecule has 0 aliphatic heterocycles. The molecule has 0 fully saturated rings. The SMILES string of the molecule is NC=NNC(N)=Nc1cccc(Cl)c1Cl. The summed E-state index contributed by atoms with van der Waals surface area (Å²) in [7, 11) is 0. The van der Waals surface area contributed by atoms with E-state index in [1.54, 1.807) is 18.2 Å². The Kier molecular flexibility index (Phi) is 4.20. The molecule has 5 nitrogen and oxygen atoms in total. The summed E-state index contributed by atoms with van der Waals surface area (Å²) in [6.07, 6.45) is 1.06. The second-order valence-corrected chi connectivity index (χ2v) is 3.25. The van der Waals surface area contributed by atoms with Crippen molar-refractivity contribution in [1.82, 2.24) is 5.43 Å². The normalized spacial score (nSPS) is 12.0. The van der Waals surface area contributed by atoms with Gasteiger partial charge in [-0.2, -0.15) is 5.10 Å². The molecule has 15 heavy (non-hydrogen) atoms. The van der Waals surface area contributed by atoms with Gasteiger partial charge in [0.2, 0.25) is 5.96 Å². The minimum Gasteiger partial charge on any atom is -0.388 e. The molecule has 0 radical (unpaired) electrons. The van der Waals surface area contributed by atoms with Crippen LogP contribution in [0.2, 0.25) is 10.0 Å². The van der Waals surface area contributed by atoms with Crippen LogP contribution in [0.5, 0.6) is 0 Å². The average molecular weight is 246 g/mol. The summed E-state index contributed by atoms with van der Waals surface area (Å²) < 4.78 is 0. The van der Waals surface area contributed by atoms with Crippen molar-refractivity contribution in [2.45, 2.75) is 0 Å². The molecule has 0 heterocycles.